The van der Waals surface area contributed by atoms with Crippen LogP contribution in [0.3, 0.4) is 0 Å². The second-order valence-corrected chi connectivity index (χ2v) is 5.77. The minimum atomic E-state index is -0.306. The highest BCUT2D eigenvalue weighted by Gasteiger charge is 2.13. The summed E-state index contributed by atoms with van der Waals surface area (Å²) in [7, 11) is 0. The van der Waals surface area contributed by atoms with E-state index in [9.17, 15) is 9.59 Å². The lowest BCUT2D eigenvalue weighted by Gasteiger charge is -2.20. The van der Waals surface area contributed by atoms with Gasteiger partial charge in [0.2, 0.25) is 0 Å². The van der Waals surface area contributed by atoms with Crippen LogP contribution in [0, 0.1) is 0 Å². The fourth-order valence-electron chi connectivity index (χ4n) is 1.88. The molecule has 0 fully saturated rings. The van der Waals surface area contributed by atoms with Gasteiger partial charge in [-0.1, -0.05) is 18.2 Å². The van der Waals surface area contributed by atoms with E-state index in [1.807, 2.05) is 45.0 Å². The molecule has 0 aliphatic carbocycles. The molecule has 1 heterocycles. The number of amides is 2. The Morgan fingerprint density at radius 2 is 1.95 bits per heavy atom. The van der Waals surface area contributed by atoms with Crippen LogP contribution in [0.15, 0.2) is 35.1 Å². The van der Waals surface area contributed by atoms with Crippen molar-refractivity contribution in [2.75, 3.05) is 0 Å². The van der Waals surface area contributed by atoms with E-state index in [1.54, 1.807) is 6.07 Å². The molecule has 0 saturated heterocycles. The van der Waals surface area contributed by atoms with Crippen LogP contribution < -0.4 is 16.2 Å². The zero-order valence-electron chi connectivity index (χ0n) is 11.9. The largest absolute Gasteiger partial charge is 0.334 e. The van der Waals surface area contributed by atoms with Gasteiger partial charge in [0, 0.05) is 23.2 Å². The number of hydrogen-bond donors (Lipinski definition) is 3. The van der Waals surface area contributed by atoms with Crippen LogP contribution in [0.4, 0.5) is 4.79 Å². The van der Waals surface area contributed by atoms with Gasteiger partial charge in [0.25, 0.3) is 5.56 Å². The molecule has 2 aromatic rings. The number of aromatic amines is 1. The summed E-state index contributed by atoms with van der Waals surface area (Å²) in [6, 6.07) is 9.05. The highest BCUT2D eigenvalue weighted by Crippen LogP contribution is 2.09. The molecular weight excluding hydrogens is 254 g/mol. The monoisotopic (exact) mass is 273 g/mol. The number of para-hydroxylation sites is 1. The van der Waals surface area contributed by atoms with Gasteiger partial charge in [-0.25, -0.2) is 4.79 Å². The quantitative estimate of drug-likeness (QED) is 0.784. The minimum absolute atomic E-state index is 0.181. The number of carbonyl (C=O) groups is 1. The van der Waals surface area contributed by atoms with Gasteiger partial charge in [0.1, 0.15) is 0 Å². The Hall–Kier alpha value is -2.30. The highest BCUT2D eigenvalue weighted by atomic mass is 16.2. The SMILES string of the molecule is CC(C)(C)NC(=O)NCc1cc2ccccc2[nH]c1=O. The van der Waals surface area contributed by atoms with Crippen LogP contribution in [-0.4, -0.2) is 16.6 Å². The number of carbonyl (C=O) groups excluding carboxylic acids is 1. The molecule has 0 atom stereocenters. The molecular formula is C15H19N3O2. The summed E-state index contributed by atoms with van der Waals surface area (Å²) < 4.78 is 0. The lowest BCUT2D eigenvalue weighted by molar-refractivity contribution is 0.231. The van der Waals surface area contributed by atoms with Crippen molar-refractivity contribution < 1.29 is 4.79 Å². The molecule has 2 rings (SSSR count). The summed E-state index contributed by atoms with van der Waals surface area (Å²) in [6.07, 6.45) is 0. The molecule has 20 heavy (non-hydrogen) atoms. The van der Waals surface area contributed by atoms with Gasteiger partial charge in [-0.05, 0) is 38.3 Å². The molecule has 0 spiro atoms. The van der Waals surface area contributed by atoms with E-state index in [0.29, 0.717) is 5.56 Å². The number of nitrogens with one attached hydrogen (secondary N) is 3. The molecule has 5 heteroatoms. The van der Waals surface area contributed by atoms with Gasteiger partial charge < -0.3 is 15.6 Å². The fraction of sp³-hybridized carbons (Fsp3) is 0.333. The number of urea groups is 1. The van der Waals surface area contributed by atoms with E-state index in [1.165, 1.54) is 0 Å². The topological polar surface area (TPSA) is 74.0 Å². The maximum absolute atomic E-state index is 11.9. The maximum Gasteiger partial charge on any atom is 0.315 e. The zero-order valence-corrected chi connectivity index (χ0v) is 11.9. The predicted octanol–water partition coefficient (Wildman–Crippen LogP) is 2.13. The molecule has 0 bridgehead atoms. The normalized spacial score (nSPS) is 11.3. The van der Waals surface area contributed by atoms with E-state index in [0.717, 1.165) is 10.9 Å². The Balaban J connectivity index is 2.12. The van der Waals surface area contributed by atoms with E-state index in [4.69, 9.17) is 0 Å². The minimum Gasteiger partial charge on any atom is -0.334 e. The summed E-state index contributed by atoms with van der Waals surface area (Å²) >= 11 is 0. The van der Waals surface area contributed by atoms with Gasteiger partial charge in [0.15, 0.2) is 0 Å². The number of rotatable bonds is 2. The van der Waals surface area contributed by atoms with E-state index in [2.05, 4.69) is 15.6 Å². The summed E-state index contributed by atoms with van der Waals surface area (Å²) in [5, 5.41) is 6.42. The van der Waals surface area contributed by atoms with Crippen LogP contribution in [0.5, 0.6) is 0 Å². The van der Waals surface area contributed by atoms with Crippen molar-refractivity contribution in [3.8, 4) is 0 Å². The number of H-pyrrole nitrogens is 1. The molecule has 2 amide bonds. The molecule has 5 nitrogen and oxygen atoms in total. The van der Waals surface area contributed by atoms with Crippen LogP contribution in [0.25, 0.3) is 10.9 Å². The van der Waals surface area contributed by atoms with Gasteiger partial charge in [-0.3, -0.25) is 4.79 Å². The highest BCUT2D eigenvalue weighted by molar-refractivity contribution is 5.79. The molecule has 0 unspecified atom stereocenters. The molecule has 0 aliphatic heterocycles. The molecule has 3 N–H and O–H groups in total. The van der Waals surface area contributed by atoms with Gasteiger partial charge in [-0.15, -0.1) is 0 Å². The average Bonchev–Trinajstić information content (AvgIpc) is 2.34. The number of pyridine rings is 1. The summed E-state index contributed by atoms with van der Waals surface area (Å²) in [4.78, 5) is 26.4. The summed E-state index contributed by atoms with van der Waals surface area (Å²) in [5.41, 5.74) is 0.841. The van der Waals surface area contributed by atoms with Crippen LogP contribution in [0.1, 0.15) is 26.3 Å². The number of aromatic nitrogens is 1. The number of fused-ring (bicyclic) bond motifs is 1. The third-order valence-electron chi connectivity index (χ3n) is 2.76. The number of hydrogen-bond acceptors (Lipinski definition) is 2. The van der Waals surface area contributed by atoms with Crippen molar-refractivity contribution in [1.29, 1.82) is 0 Å². The fourth-order valence-corrected chi connectivity index (χ4v) is 1.88. The first-order chi connectivity index (χ1) is 9.35. The Kier molecular flexibility index (Phi) is 3.79. The predicted molar refractivity (Wildman–Crippen MR) is 79.7 cm³/mol. The second-order valence-electron chi connectivity index (χ2n) is 5.77. The Morgan fingerprint density at radius 1 is 1.25 bits per heavy atom. The van der Waals surface area contributed by atoms with Crippen LogP contribution in [-0.2, 0) is 6.54 Å². The smallest absolute Gasteiger partial charge is 0.315 e. The Morgan fingerprint density at radius 3 is 2.65 bits per heavy atom. The Bertz CT molecular complexity index is 683. The third kappa shape index (κ3) is 3.60. The second kappa shape index (κ2) is 5.36. The molecule has 0 aliphatic rings. The van der Waals surface area contributed by atoms with E-state index < -0.39 is 0 Å². The van der Waals surface area contributed by atoms with Crippen LogP contribution >= 0.6 is 0 Å². The van der Waals surface area contributed by atoms with Crippen molar-refractivity contribution in [3.63, 3.8) is 0 Å². The van der Waals surface area contributed by atoms with Crippen molar-refractivity contribution in [2.24, 2.45) is 0 Å². The van der Waals surface area contributed by atoms with Crippen LogP contribution in [0.2, 0.25) is 0 Å². The lowest BCUT2D eigenvalue weighted by atomic mass is 10.1. The molecule has 0 saturated carbocycles. The first-order valence-electron chi connectivity index (χ1n) is 6.52. The standard InChI is InChI=1S/C15H19N3O2/c1-15(2,3)18-14(20)16-9-11-8-10-6-4-5-7-12(10)17-13(11)19/h4-8H,9H2,1-3H3,(H,17,19)(H2,16,18,20). The van der Waals surface area contributed by atoms with Gasteiger partial charge in [-0.2, -0.15) is 0 Å². The maximum atomic E-state index is 11.9. The van der Waals surface area contributed by atoms with Crippen molar-refractivity contribution in [2.45, 2.75) is 32.9 Å². The van der Waals surface area contributed by atoms with Crippen molar-refractivity contribution in [3.05, 3.63) is 46.2 Å². The molecule has 106 valence electrons. The Labute approximate surface area is 117 Å². The summed E-state index contributed by atoms with van der Waals surface area (Å²) in [5.74, 6) is 0. The third-order valence-corrected chi connectivity index (χ3v) is 2.76. The molecule has 1 aromatic carbocycles. The first-order valence-corrected chi connectivity index (χ1v) is 6.52. The molecule has 1 aromatic heterocycles. The molecule has 0 radical (unpaired) electrons. The first kappa shape index (κ1) is 14.1. The van der Waals surface area contributed by atoms with Crippen molar-refractivity contribution >= 4 is 16.9 Å². The summed E-state index contributed by atoms with van der Waals surface area (Å²) in [6.45, 7) is 5.89. The van der Waals surface area contributed by atoms with E-state index >= 15 is 0 Å². The lowest BCUT2D eigenvalue weighted by Crippen LogP contribution is -2.46. The number of benzene rings is 1. The van der Waals surface area contributed by atoms with Gasteiger partial charge >= 0.3 is 6.03 Å². The van der Waals surface area contributed by atoms with E-state index in [-0.39, 0.29) is 23.7 Å². The van der Waals surface area contributed by atoms with Gasteiger partial charge in [0.05, 0.1) is 0 Å². The van der Waals surface area contributed by atoms with Crippen molar-refractivity contribution in [1.82, 2.24) is 15.6 Å². The average molecular weight is 273 g/mol. The zero-order chi connectivity index (χ0) is 14.8.